The third kappa shape index (κ3) is 2.95. The summed E-state index contributed by atoms with van der Waals surface area (Å²) in [5.41, 5.74) is 13.5. The van der Waals surface area contributed by atoms with Crippen molar-refractivity contribution < 1.29 is 4.79 Å². The van der Waals surface area contributed by atoms with E-state index in [1.165, 1.54) is 6.20 Å². The van der Waals surface area contributed by atoms with Crippen molar-refractivity contribution >= 4 is 34.7 Å². The van der Waals surface area contributed by atoms with E-state index in [1.807, 2.05) is 6.92 Å². The van der Waals surface area contributed by atoms with Crippen molar-refractivity contribution in [1.82, 2.24) is 4.98 Å². The zero-order valence-corrected chi connectivity index (χ0v) is 11.0. The van der Waals surface area contributed by atoms with Crippen LogP contribution in [0.25, 0.3) is 0 Å². The highest BCUT2D eigenvalue weighted by Gasteiger charge is 2.10. The quantitative estimate of drug-likeness (QED) is 0.735. The first-order valence-electron chi connectivity index (χ1n) is 5.56. The molecule has 1 aromatic heterocycles. The molecule has 0 unspecified atom stereocenters. The molecule has 0 atom stereocenters. The highest BCUT2D eigenvalue weighted by molar-refractivity contribution is 6.33. The number of carbonyl (C=O) groups is 1. The molecule has 98 valence electrons. The molecule has 5 N–H and O–H groups in total. The summed E-state index contributed by atoms with van der Waals surface area (Å²) >= 11 is 5.84. The fourth-order valence-electron chi connectivity index (χ4n) is 1.60. The Kier molecular flexibility index (Phi) is 3.57. The first-order valence-corrected chi connectivity index (χ1v) is 5.93. The number of nitrogens with one attached hydrogen (secondary N) is 1. The van der Waals surface area contributed by atoms with E-state index in [4.69, 9.17) is 23.1 Å². The molecule has 2 rings (SSSR count). The van der Waals surface area contributed by atoms with Crippen molar-refractivity contribution in [3.63, 3.8) is 0 Å². The Morgan fingerprint density at radius 1 is 1.32 bits per heavy atom. The zero-order chi connectivity index (χ0) is 14.0. The number of hydrogen-bond donors (Lipinski definition) is 3. The van der Waals surface area contributed by atoms with E-state index in [0.29, 0.717) is 22.0 Å². The second kappa shape index (κ2) is 5.16. The van der Waals surface area contributed by atoms with E-state index < -0.39 is 0 Å². The van der Waals surface area contributed by atoms with Gasteiger partial charge in [0.1, 0.15) is 5.82 Å². The summed E-state index contributed by atoms with van der Waals surface area (Å²) in [6, 6.07) is 6.70. The smallest absolute Gasteiger partial charge is 0.256 e. The van der Waals surface area contributed by atoms with Crippen molar-refractivity contribution in [3.05, 3.63) is 46.6 Å². The molecule has 0 aliphatic carbocycles. The van der Waals surface area contributed by atoms with Crippen molar-refractivity contribution in [2.24, 2.45) is 0 Å². The van der Waals surface area contributed by atoms with Crippen LogP contribution in [0.1, 0.15) is 15.9 Å². The summed E-state index contributed by atoms with van der Waals surface area (Å²) in [6.45, 7) is 1.84. The molecule has 19 heavy (non-hydrogen) atoms. The molecule has 0 aliphatic rings. The van der Waals surface area contributed by atoms with E-state index in [-0.39, 0.29) is 11.7 Å². The topological polar surface area (TPSA) is 94.0 Å². The van der Waals surface area contributed by atoms with Crippen LogP contribution in [0.4, 0.5) is 17.2 Å². The van der Waals surface area contributed by atoms with Crippen LogP contribution in [0.3, 0.4) is 0 Å². The van der Waals surface area contributed by atoms with Crippen molar-refractivity contribution in [3.8, 4) is 0 Å². The highest BCUT2D eigenvalue weighted by Crippen LogP contribution is 2.21. The van der Waals surface area contributed by atoms with Gasteiger partial charge in [-0.25, -0.2) is 4.98 Å². The fourth-order valence-corrected chi connectivity index (χ4v) is 1.77. The van der Waals surface area contributed by atoms with Gasteiger partial charge in [0, 0.05) is 11.3 Å². The van der Waals surface area contributed by atoms with Gasteiger partial charge in [0.05, 0.1) is 16.9 Å². The number of amides is 1. The summed E-state index contributed by atoms with van der Waals surface area (Å²) in [5, 5.41) is 2.99. The molecular formula is C13H13ClN4O. The van der Waals surface area contributed by atoms with Crippen LogP contribution >= 0.6 is 11.6 Å². The molecule has 1 heterocycles. The van der Waals surface area contributed by atoms with Crippen molar-refractivity contribution in [1.29, 1.82) is 0 Å². The lowest BCUT2D eigenvalue weighted by Crippen LogP contribution is -2.14. The molecule has 0 spiro atoms. The van der Waals surface area contributed by atoms with Crippen LogP contribution in [0.2, 0.25) is 5.02 Å². The summed E-state index contributed by atoms with van der Waals surface area (Å²) in [4.78, 5) is 16.0. The Balaban J connectivity index is 2.25. The van der Waals surface area contributed by atoms with E-state index in [9.17, 15) is 4.79 Å². The van der Waals surface area contributed by atoms with Crippen LogP contribution in [0.5, 0.6) is 0 Å². The Labute approximate surface area is 115 Å². The van der Waals surface area contributed by atoms with Crippen LogP contribution in [0.15, 0.2) is 30.5 Å². The van der Waals surface area contributed by atoms with Gasteiger partial charge in [0.25, 0.3) is 5.91 Å². The molecule has 0 radical (unpaired) electrons. The number of hydrogen-bond acceptors (Lipinski definition) is 4. The van der Waals surface area contributed by atoms with Gasteiger partial charge in [-0.1, -0.05) is 17.7 Å². The monoisotopic (exact) mass is 276 g/mol. The third-order valence-electron chi connectivity index (χ3n) is 2.63. The summed E-state index contributed by atoms with van der Waals surface area (Å²) in [6.07, 6.45) is 1.45. The maximum atomic E-state index is 12.1. The highest BCUT2D eigenvalue weighted by atomic mass is 35.5. The van der Waals surface area contributed by atoms with Gasteiger partial charge >= 0.3 is 0 Å². The Bertz CT molecular complexity index is 643. The number of anilines is 3. The molecule has 0 saturated carbocycles. The average Bonchev–Trinajstić information content (AvgIpc) is 2.36. The SMILES string of the molecule is Cc1ccc(N)cc1C(=O)Nc1cnc(N)c(Cl)c1. The molecule has 0 aliphatic heterocycles. The van der Waals surface area contributed by atoms with Crippen LogP contribution in [-0.4, -0.2) is 10.9 Å². The predicted octanol–water partition coefficient (Wildman–Crippen LogP) is 2.46. The van der Waals surface area contributed by atoms with Gasteiger partial charge in [-0.2, -0.15) is 0 Å². The number of nitrogens with two attached hydrogens (primary N) is 2. The fraction of sp³-hybridized carbons (Fsp3) is 0.0769. The van der Waals surface area contributed by atoms with Gasteiger partial charge in [0.2, 0.25) is 0 Å². The van der Waals surface area contributed by atoms with E-state index in [2.05, 4.69) is 10.3 Å². The molecule has 2 aromatic rings. The number of halogens is 1. The summed E-state index contributed by atoms with van der Waals surface area (Å²) < 4.78 is 0. The number of nitrogens with zero attached hydrogens (tertiary/aromatic N) is 1. The Morgan fingerprint density at radius 3 is 2.74 bits per heavy atom. The number of nitrogen functional groups attached to an aromatic ring is 2. The lowest BCUT2D eigenvalue weighted by atomic mass is 10.1. The Hall–Kier alpha value is -2.27. The largest absolute Gasteiger partial charge is 0.399 e. The van der Waals surface area contributed by atoms with Crippen LogP contribution < -0.4 is 16.8 Å². The number of rotatable bonds is 2. The minimum atomic E-state index is -0.271. The standard InChI is InChI=1S/C13H13ClN4O/c1-7-2-3-8(15)4-10(7)13(19)18-9-5-11(14)12(16)17-6-9/h2-6H,15H2,1H3,(H2,16,17)(H,18,19). The zero-order valence-electron chi connectivity index (χ0n) is 10.3. The molecule has 6 heteroatoms. The first-order chi connectivity index (χ1) is 8.97. The minimum Gasteiger partial charge on any atom is -0.399 e. The maximum Gasteiger partial charge on any atom is 0.256 e. The average molecular weight is 277 g/mol. The van der Waals surface area contributed by atoms with Gasteiger partial charge < -0.3 is 16.8 Å². The molecule has 1 amide bonds. The van der Waals surface area contributed by atoms with E-state index in [1.54, 1.807) is 24.3 Å². The van der Waals surface area contributed by atoms with Crippen LogP contribution in [0, 0.1) is 6.92 Å². The van der Waals surface area contributed by atoms with Crippen molar-refractivity contribution in [2.75, 3.05) is 16.8 Å². The van der Waals surface area contributed by atoms with Gasteiger partial charge in [-0.15, -0.1) is 0 Å². The molecule has 5 nitrogen and oxygen atoms in total. The number of carbonyl (C=O) groups excluding carboxylic acids is 1. The van der Waals surface area contributed by atoms with Gasteiger partial charge in [-0.05, 0) is 30.7 Å². The minimum absolute atomic E-state index is 0.222. The van der Waals surface area contributed by atoms with Crippen LogP contribution in [-0.2, 0) is 0 Å². The number of benzene rings is 1. The summed E-state index contributed by atoms with van der Waals surface area (Å²) in [5.74, 6) is -0.0489. The maximum absolute atomic E-state index is 12.1. The number of aryl methyl sites for hydroxylation is 1. The Morgan fingerprint density at radius 2 is 2.05 bits per heavy atom. The number of aromatic nitrogens is 1. The van der Waals surface area contributed by atoms with E-state index in [0.717, 1.165) is 5.56 Å². The molecule has 0 saturated heterocycles. The molecule has 0 fully saturated rings. The second-order valence-corrected chi connectivity index (χ2v) is 4.53. The lowest BCUT2D eigenvalue weighted by Gasteiger charge is -2.09. The molecular weight excluding hydrogens is 264 g/mol. The molecule has 1 aromatic carbocycles. The number of pyridine rings is 1. The summed E-state index contributed by atoms with van der Waals surface area (Å²) in [7, 11) is 0. The second-order valence-electron chi connectivity index (χ2n) is 4.12. The first kappa shape index (κ1) is 13.2. The van der Waals surface area contributed by atoms with Gasteiger partial charge in [-0.3, -0.25) is 4.79 Å². The van der Waals surface area contributed by atoms with Gasteiger partial charge in [0.15, 0.2) is 0 Å². The normalized spacial score (nSPS) is 10.2. The third-order valence-corrected chi connectivity index (χ3v) is 2.94. The van der Waals surface area contributed by atoms with Crippen molar-refractivity contribution in [2.45, 2.75) is 6.92 Å². The lowest BCUT2D eigenvalue weighted by molar-refractivity contribution is 0.102. The molecule has 0 bridgehead atoms. The van der Waals surface area contributed by atoms with E-state index >= 15 is 0 Å². The predicted molar refractivity (Wildman–Crippen MR) is 77.2 cm³/mol.